The standard InChI is InChI=1S/C20H23N3O4S/c1-13-9-18(13)20(25)23-16-7-4-6-15(11-16)19(24)22-12-14-5-3-8-17(10-14)28(26,27)21-2/h3-8,10-11,13,18,21H,9,12H2,1-2H3,(H,22,24)(H,23,25). The summed E-state index contributed by atoms with van der Waals surface area (Å²) in [7, 11) is -2.19. The molecule has 0 spiro atoms. The molecule has 2 unspecified atom stereocenters. The number of carbonyl (C=O) groups is 2. The van der Waals surface area contributed by atoms with Crippen LogP contribution < -0.4 is 15.4 Å². The zero-order chi connectivity index (χ0) is 20.3. The molecule has 2 amide bonds. The third-order valence-electron chi connectivity index (χ3n) is 4.77. The molecule has 0 bridgehead atoms. The van der Waals surface area contributed by atoms with Gasteiger partial charge in [-0.3, -0.25) is 9.59 Å². The molecule has 1 saturated carbocycles. The van der Waals surface area contributed by atoms with Crippen LogP contribution in [0.3, 0.4) is 0 Å². The van der Waals surface area contributed by atoms with Gasteiger partial charge in [-0.15, -0.1) is 0 Å². The number of benzene rings is 2. The molecule has 0 heterocycles. The molecule has 148 valence electrons. The zero-order valence-corrected chi connectivity index (χ0v) is 16.5. The van der Waals surface area contributed by atoms with Crippen molar-refractivity contribution in [2.24, 2.45) is 11.8 Å². The van der Waals surface area contributed by atoms with Gasteiger partial charge in [-0.25, -0.2) is 13.1 Å². The Hall–Kier alpha value is -2.71. The minimum atomic E-state index is -3.54. The summed E-state index contributed by atoms with van der Waals surface area (Å²) in [5.41, 5.74) is 1.66. The number of nitrogens with one attached hydrogen (secondary N) is 3. The molecule has 28 heavy (non-hydrogen) atoms. The van der Waals surface area contributed by atoms with E-state index in [0.717, 1.165) is 6.42 Å². The van der Waals surface area contributed by atoms with Crippen LogP contribution in [-0.2, 0) is 21.4 Å². The van der Waals surface area contributed by atoms with Crippen molar-refractivity contribution in [2.45, 2.75) is 24.8 Å². The maximum absolute atomic E-state index is 12.4. The second-order valence-corrected chi connectivity index (χ2v) is 8.81. The molecule has 1 fully saturated rings. The van der Waals surface area contributed by atoms with Crippen molar-refractivity contribution in [3.63, 3.8) is 0 Å². The van der Waals surface area contributed by atoms with Gasteiger partial charge in [0.25, 0.3) is 5.91 Å². The first-order valence-corrected chi connectivity index (χ1v) is 10.5. The summed E-state index contributed by atoms with van der Waals surface area (Å²) in [6.07, 6.45) is 0.897. The van der Waals surface area contributed by atoms with Gasteiger partial charge in [-0.2, -0.15) is 0 Å². The monoisotopic (exact) mass is 401 g/mol. The SMILES string of the molecule is CNS(=O)(=O)c1cccc(CNC(=O)c2cccc(NC(=O)C3CC3C)c2)c1. The van der Waals surface area contributed by atoms with Gasteiger partial charge in [0.1, 0.15) is 0 Å². The number of sulfonamides is 1. The van der Waals surface area contributed by atoms with Crippen LogP contribution in [-0.4, -0.2) is 27.3 Å². The number of hydrogen-bond donors (Lipinski definition) is 3. The normalized spacial score (nSPS) is 18.4. The highest BCUT2D eigenvalue weighted by Crippen LogP contribution is 2.38. The number of hydrogen-bond acceptors (Lipinski definition) is 4. The van der Waals surface area contributed by atoms with E-state index in [9.17, 15) is 18.0 Å². The van der Waals surface area contributed by atoms with Gasteiger partial charge in [-0.1, -0.05) is 25.1 Å². The number of amides is 2. The topological polar surface area (TPSA) is 104 Å². The van der Waals surface area contributed by atoms with Crippen LogP contribution in [0.2, 0.25) is 0 Å². The van der Waals surface area contributed by atoms with Crippen LogP contribution in [0.5, 0.6) is 0 Å². The van der Waals surface area contributed by atoms with Crippen molar-refractivity contribution in [3.05, 3.63) is 59.7 Å². The maximum Gasteiger partial charge on any atom is 0.251 e. The molecule has 7 nitrogen and oxygen atoms in total. The summed E-state index contributed by atoms with van der Waals surface area (Å²) < 4.78 is 26.0. The summed E-state index contributed by atoms with van der Waals surface area (Å²) in [5, 5.41) is 5.61. The third-order valence-corrected chi connectivity index (χ3v) is 6.18. The van der Waals surface area contributed by atoms with Gasteiger partial charge >= 0.3 is 0 Å². The van der Waals surface area contributed by atoms with Gasteiger partial charge in [0.2, 0.25) is 15.9 Å². The van der Waals surface area contributed by atoms with Gasteiger partial charge in [-0.05, 0) is 55.3 Å². The molecule has 2 aromatic carbocycles. The number of rotatable bonds is 7. The van der Waals surface area contributed by atoms with Crippen LogP contribution in [0.4, 0.5) is 5.69 Å². The lowest BCUT2D eigenvalue weighted by Gasteiger charge is -2.09. The average molecular weight is 401 g/mol. The second kappa shape index (κ2) is 8.12. The van der Waals surface area contributed by atoms with Crippen molar-refractivity contribution in [2.75, 3.05) is 12.4 Å². The molecular weight excluding hydrogens is 378 g/mol. The number of carbonyl (C=O) groups excluding carboxylic acids is 2. The Morgan fingerprint density at radius 3 is 2.50 bits per heavy atom. The van der Waals surface area contributed by atoms with E-state index in [1.807, 2.05) is 6.92 Å². The van der Waals surface area contributed by atoms with Crippen molar-refractivity contribution in [1.29, 1.82) is 0 Å². The Bertz CT molecular complexity index is 1000. The van der Waals surface area contributed by atoms with E-state index < -0.39 is 10.0 Å². The molecule has 3 rings (SSSR count). The third kappa shape index (κ3) is 4.76. The molecule has 2 aromatic rings. The molecule has 0 saturated heterocycles. The minimum Gasteiger partial charge on any atom is -0.348 e. The molecule has 0 aromatic heterocycles. The van der Waals surface area contributed by atoms with Crippen LogP contribution in [0.1, 0.15) is 29.3 Å². The summed E-state index contributed by atoms with van der Waals surface area (Å²) in [4.78, 5) is 24.6. The van der Waals surface area contributed by atoms with Crippen LogP contribution in [0.25, 0.3) is 0 Å². The van der Waals surface area contributed by atoms with Crippen molar-refractivity contribution < 1.29 is 18.0 Å². The number of anilines is 1. The molecule has 1 aliphatic rings. The Labute approximate surface area is 164 Å². The van der Waals surface area contributed by atoms with Crippen molar-refractivity contribution in [1.82, 2.24) is 10.0 Å². The van der Waals surface area contributed by atoms with E-state index in [1.54, 1.807) is 36.4 Å². The van der Waals surface area contributed by atoms with E-state index in [-0.39, 0.29) is 29.2 Å². The Kier molecular flexibility index (Phi) is 5.81. The van der Waals surface area contributed by atoms with Crippen LogP contribution in [0, 0.1) is 11.8 Å². The predicted molar refractivity (Wildman–Crippen MR) is 106 cm³/mol. The fourth-order valence-corrected chi connectivity index (χ4v) is 3.69. The summed E-state index contributed by atoms with van der Waals surface area (Å²) >= 11 is 0. The van der Waals surface area contributed by atoms with E-state index >= 15 is 0 Å². The minimum absolute atomic E-state index is 0.0207. The van der Waals surface area contributed by atoms with E-state index in [1.165, 1.54) is 19.2 Å². The molecule has 8 heteroatoms. The average Bonchev–Trinajstić information content (AvgIpc) is 3.43. The Balaban J connectivity index is 1.63. The highest BCUT2D eigenvalue weighted by molar-refractivity contribution is 7.89. The first kappa shape index (κ1) is 20.0. The first-order valence-electron chi connectivity index (χ1n) is 9.02. The molecule has 2 atom stereocenters. The highest BCUT2D eigenvalue weighted by atomic mass is 32.2. The lowest BCUT2D eigenvalue weighted by atomic mass is 10.1. The van der Waals surface area contributed by atoms with Gasteiger partial charge < -0.3 is 10.6 Å². The van der Waals surface area contributed by atoms with E-state index in [4.69, 9.17) is 0 Å². The highest BCUT2D eigenvalue weighted by Gasteiger charge is 2.39. The fourth-order valence-electron chi connectivity index (χ4n) is 2.89. The lowest BCUT2D eigenvalue weighted by Crippen LogP contribution is -2.23. The molecule has 0 aliphatic heterocycles. The largest absolute Gasteiger partial charge is 0.348 e. The molecule has 1 aliphatic carbocycles. The Morgan fingerprint density at radius 1 is 1.11 bits per heavy atom. The van der Waals surface area contributed by atoms with Gasteiger partial charge in [0.15, 0.2) is 0 Å². The van der Waals surface area contributed by atoms with E-state index in [0.29, 0.717) is 22.7 Å². The summed E-state index contributed by atoms with van der Waals surface area (Å²) in [6.45, 7) is 2.22. The molecular formula is C20H23N3O4S. The summed E-state index contributed by atoms with van der Waals surface area (Å²) in [6, 6.07) is 13.1. The molecule has 0 radical (unpaired) electrons. The van der Waals surface area contributed by atoms with Crippen LogP contribution >= 0.6 is 0 Å². The van der Waals surface area contributed by atoms with Crippen molar-refractivity contribution in [3.8, 4) is 0 Å². The maximum atomic E-state index is 12.4. The van der Waals surface area contributed by atoms with Crippen LogP contribution in [0.15, 0.2) is 53.4 Å². The second-order valence-electron chi connectivity index (χ2n) is 6.93. The lowest BCUT2D eigenvalue weighted by molar-refractivity contribution is -0.117. The first-order chi connectivity index (χ1) is 13.3. The van der Waals surface area contributed by atoms with Gasteiger partial charge in [0, 0.05) is 23.7 Å². The smallest absolute Gasteiger partial charge is 0.251 e. The predicted octanol–water partition coefficient (Wildman–Crippen LogP) is 2.12. The summed E-state index contributed by atoms with van der Waals surface area (Å²) in [5.74, 6) is 0.137. The van der Waals surface area contributed by atoms with Gasteiger partial charge in [0.05, 0.1) is 4.90 Å². The van der Waals surface area contributed by atoms with Crippen molar-refractivity contribution >= 4 is 27.5 Å². The Morgan fingerprint density at radius 2 is 1.82 bits per heavy atom. The molecule has 3 N–H and O–H groups in total. The fraction of sp³-hybridized carbons (Fsp3) is 0.300. The quantitative estimate of drug-likeness (QED) is 0.661. The van der Waals surface area contributed by atoms with E-state index in [2.05, 4.69) is 15.4 Å². The zero-order valence-electron chi connectivity index (χ0n) is 15.7.